The van der Waals surface area contributed by atoms with Crippen LogP contribution in [0.5, 0.6) is 0 Å². The van der Waals surface area contributed by atoms with E-state index in [0.717, 1.165) is 25.0 Å². The third kappa shape index (κ3) is 3.31. The van der Waals surface area contributed by atoms with E-state index in [-0.39, 0.29) is 0 Å². The smallest absolute Gasteiger partial charge is 0.191 e. The van der Waals surface area contributed by atoms with Crippen LogP contribution in [0.25, 0.3) is 0 Å². The van der Waals surface area contributed by atoms with Crippen LogP contribution in [0.2, 0.25) is 18.1 Å². The van der Waals surface area contributed by atoms with Gasteiger partial charge in [-0.25, -0.2) is 0 Å². The zero-order valence-electron chi connectivity index (χ0n) is 11.9. The fourth-order valence-electron chi connectivity index (χ4n) is 1.99. The Balaban J connectivity index is 2.45. The molecule has 0 aromatic rings. The molecule has 0 bridgehead atoms. The fourth-order valence-corrected chi connectivity index (χ4v) is 3.06. The second kappa shape index (κ2) is 5.19. The van der Waals surface area contributed by atoms with Crippen molar-refractivity contribution in [2.24, 2.45) is 11.8 Å². The quantitative estimate of drug-likeness (QED) is 0.765. The van der Waals surface area contributed by atoms with E-state index in [0.29, 0.717) is 5.04 Å². The van der Waals surface area contributed by atoms with Crippen molar-refractivity contribution >= 4 is 8.32 Å². The van der Waals surface area contributed by atoms with Gasteiger partial charge in [0.1, 0.15) is 0 Å². The molecule has 0 amide bonds. The summed E-state index contributed by atoms with van der Waals surface area (Å²) in [5, 5.41) is 3.82. The van der Waals surface area contributed by atoms with Crippen LogP contribution >= 0.6 is 0 Å². The van der Waals surface area contributed by atoms with E-state index < -0.39 is 8.32 Å². The minimum Gasteiger partial charge on any atom is -0.416 e. The van der Waals surface area contributed by atoms with Crippen LogP contribution in [0, 0.1) is 11.8 Å². The van der Waals surface area contributed by atoms with Crippen molar-refractivity contribution in [2.75, 3.05) is 19.7 Å². The van der Waals surface area contributed by atoms with Crippen molar-refractivity contribution in [2.45, 2.75) is 52.2 Å². The molecule has 1 fully saturated rings. The number of hydrogen-bond acceptors (Lipinski definition) is 2. The highest BCUT2D eigenvalue weighted by Crippen LogP contribution is 2.37. The van der Waals surface area contributed by atoms with Gasteiger partial charge in [-0.1, -0.05) is 34.1 Å². The van der Waals surface area contributed by atoms with Crippen LogP contribution in [0.1, 0.15) is 34.1 Å². The average molecular weight is 243 g/mol. The molecule has 1 rings (SSSR count). The summed E-state index contributed by atoms with van der Waals surface area (Å²) >= 11 is 0. The highest BCUT2D eigenvalue weighted by molar-refractivity contribution is 6.74. The summed E-state index contributed by atoms with van der Waals surface area (Å²) in [5.74, 6) is 1.56. The zero-order chi connectivity index (χ0) is 12.4. The first kappa shape index (κ1) is 14.2. The average Bonchev–Trinajstić information content (AvgIpc) is 2.60. The first-order valence-corrected chi connectivity index (χ1v) is 9.53. The Bertz CT molecular complexity index is 222. The lowest BCUT2D eigenvalue weighted by Gasteiger charge is -2.37. The van der Waals surface area contributed by atoms with Crippen molar-refractivity contribution in [1.29, 1.82) is 0 Å². The predicted molar refractivity (Wildman–Crippen MR) is 73.3 cm³/mol. The van der Waals surface area contributed by atoms with E-state index in [2.05, 4.69) is 46.1 Å². The fraction of sp³-hybridized carbons (Fsp3) is 1.00. The molecule has 0 saturated carbocycles. The Morgan fingerprint density at radius 1 is 1.19 bits per heavy atom. The van der Waals surface area contributed by atoms with Crippen LogP contribution in [0.3, 0.4) is 0 Å². The van der Waals surface area contributed by atoms with Crippen molar-refractivity contribution < 1.29 is 4.43 Å². The largest absolute Gasteiger partial charge is 0.416 e. The van der Waals surface area contributed by atoms with Crippen molar-refractivity contribution in [3.8, 4) is 0 Å². The Morgan fingerprint density at radius 3 is 2.25 bits per heavy atom. The van der Waals surface area contributed by atoms with Crippen molar-refractivity contribution in [1.82, 2.24) is 5.32 Å². The minimum absolute atomic E-state index is 0.334. The highest BCUT2D eigenvalue weighted by Gasteiger charge is 2.38. The van der Waals surface area contributed by atoms with E-state index in [4.69, 9.17) is 4.43 Å². The SMILES string of the molecule is CC[C@@H]1CNC[C@H]1CO[Si](C)(C)C(C)(C)C. The Hall–Kier alpha value is 0.137. The van der Waals surface area contributed by atoms with Gasteiger partial charge in [0.15, 0.2) is 8.32 Å². The molecule has 1 saturated heterocycles. The summed E-state index contributed by atoms with van der Waals surface area (Å²) < 4.78 is 6.31. The molecule has 0 aliphatic carbocycles. The van der Waals surface area contributed by atoms with Gasteiger partial charge in [-0.3, -0.25) is 0 Å². The normalized spacial score (nSPS) is 27.4. The third-order valence-electron chi connectivity index (χ3n) is 4.47. The lowest BCUT2D eigenvalue weighted by molar-refractivity contribution is 0.206. The first-order chi connectivity index (χ1) is 7.28. The molecular weight excluding hydrogens is 214 g/mol. The minimum atomic E-state index is -1.54. The summed E-state index contributed by atoms with van der Waals surface area (Å²) in [4.78, 5) is 0. The molecule has 16 heavy (non-hydrogen) atoms. The molecule has 0 radical (unpaired) electrons. The molecule has 0 aromatic heterocycles. The standard InChI is InChI=1S/C13H29NOSi/c1-7-11-8-14-9-12(11)10-15-16(5,6)13(2,3)4/h11-12,14H,7-10H2,1-6H3/t11-,12+/m1/s1. The van der Waals surface area contributed by atoms with Gasteiger partial charge >= 0.3 is 0 Å². The summed E-state index contributed by atoms with van der Waals surface area (Å²) in [6, 6.07) is 0. The highest BCUT2D eigenvalue weighted by atomic mass is 28.4. The second-order valence-electron chi connectivity index (χ2n) is 6.66. The monoisotopic (exact) mass is 243 g/mol. The molecule has 3 heteroatoms. The maximum atomic E-state index is 6.31. The van der Waals surface area contributed by atoms with Gasteiger partial charge in [-0.2, -0.15) is 0 Å². The topological polar surface area (TPSA) is 21.3 Å². The molecule has 1 aliphatic rings. The van der Waals surface area contributed by atoms with E-state index in [1.165, 1.54) is 13.0 Å². The lowest BCUT2D eigenvalue weighted by Crippen LogP contribution is -2.42. The van der Waals surface area contributed by atoms with Gasteiger partial charge in [0.2, 0.25) is 0 Å². The van der Waals surface area contributed by atoms with E-state index in [9.17, 15) is 0 Å². The van der Waals surface area contributed by atoms with Crippen LogP contribution in [0.15, 0.2) is 0 Å². The van der Waals surface area contributed by atoms with Gasteiger partial charge < -0.3 is 9.74 Å². The molecular formula is C13H29NOSi. The second-order valence-corrected chi connectivity index (χ2v) is 11.5. The summed E-state index contributed by atoms with van der Waals surface area (Å²) in [7, 11) is -1.54. The molecule has 0 spiro atoms. The molecule has 1 N–H and O–H groups in total. The number of rotatable bonds is 4. The molecule has 96 valence electrons. The van der Waals surface area contributed by atoms with Crippen LogP contribution < -0.4 is 5.32 Å². The summed E-state index contributed by atoms with van der Waals surface area (Å²) in [5.41, 5.74) is 0. The lowest BCUT2D eigenvalue weighted by atomic mass is 9.95. The molecule has 0 aromatic carbocycles. The van der Waals surface area contributed by atoms with E-state index in [1.807, 2.05) is 0 Å². The maximum absolute atomic E-state index is 6.31. The molecule has 2 nitrogen and oxygen atoms in total. The molecule has 2 atom stereocenters. The van der Waals surface area contributed by atoms with E-state index in [1.54, 1.807) is 0 Å². The Labute approximate surface area is 102 Å². The van der Waals surface area contributed by atoms with Crippen molar-refractivity contribution in [3.05, 3.63) is 0 Å². The van der Waals surface area contributed by atoms with Gasteiger partial charge in [-0.15, -0.1) is 0 Å². The van der Waals surface area contributed by atoms with Crippen LogP contribution in [-0.4, -0.2) is 28.0 Å². The Morgan fingerprint density at radius 2 is 1.75 bits per heavy atom. The van der Waals surface area contributed by atoms with Gasteiger partial charge in [0.05, 0.1) is 0 Å². The predicted octanol–water partition coefficient (Wildman–Crippen LogP) is 3.25. The molecule has 1 heterocycles. The van der Waals surface area contributed by atoms with Crippen LogP contribution in [-0.2, 0) is 4.43 Å². The summed E-state index contributed by atoms with van der Waals surface area (Å²) in [6.45, 7) is 17.2. The first-order valence-electron chi connectivity index (χ1n) is 6.62. The van der Waals surface area contributed by atoms with Crippen LogP contribution in [0.4, 0.5) is 0 Å². The zero-order valence-corrected chi connectivity index (χ0v) is 12.9. The van der Waals surface area contributed by atoms with Crippen molar-refractivity contribution in [3.63, 3.8) is 0 Å². The summed E-state index contributed by atoms with van der Waals surface area (Å²) in [6.07, 6.45) is 1.28. The number of hydrogen-bond donors (Lipinski definition) is 1. The van der Waals surface area contributed by atoms with Gasteiger partial charge in [0, 0.05) is 13.2 Å². The van der Waals surface area contributed by atoms with Gasteiger partial charge in [0.25, 0.3) is 0 Å². The molecule has 1 aliphatic heterocycles. The number of nitrogens with one attached hydrogen (secondary N) is 1. The molecule has 0 unspecified atom stereocenters. The third-order valence-corrected chi connectivity index (χ3v) is 8.97. The van der Waals surface area contributed by atoms with Gasteiger partial charge in [-0.05, 0) is 36.5 Å². The van der Waals surface area contributed by atoms with E-state index >= 15 is 0 Å². The Kier molecular flexibility index (Phi) is 4.61. The maximum Gasteiger partial charge on any atom is 0.191 e.